The predicted molar refractivity (Wildman–Crippen MR) is 69.6 cm³/mol. The number of methoxy groups -OCH3 is 1. The molecule has 1 heterocycles. The van der Waals surface area contributed by atoms with Gasteiger partial charge in [0.2, 0.25) is 0 Å². The number of aromatic nitrogens is 2. The van der Waals surface area contributed by atoms with Crippen LogP contribution in [0.25, 0.3) is 0 Å². The van der Waals surface area contributed by atoms with Gasteiger partial charge in [-0.3, -0.25) is 0 Å². The fourth-order valence-electron chi connectivity index (χ4n) is 1.98. The van der Waals surface area contributed by atoms with Gasteiger partial charge in [-0.25, -0.2) is 9.37 Å². The summed E-state index contributed by atoms with van der Waals surface area (Å²) in [6.45, 7) is 3.99. The van der Waals surface area contributed by atoms with E-state index in [0.29, 0.717) is 11.3 Å². The number of imidazole rings is 1. The molecule has 0 saturated heterocycles. The number of halogens is 1. The maximum absolute atomic E-state index is 13.7. The molecule has 102 valence electrons. The van der Waals surface area contributed by atoms with Crippen molar-refractivity contribution in [2.45, 2.75) is 26.0 Å². The predicted octanol–water partition coefficient (Wildman–Crippen LogP) is 2.69. The van der Waals surface area contributed by atoms with Gasteiger partial charge in [-0.2, -0.15) is 0 Å². The van der Waals surface area contributed by atoms with Crippen molar-refractivity contribution in [2.75, 3.05) is 7.11 Å². The van der Waals surface area contributed by atoms with Gasteiger partial charge in [0.25, 0.3) is 0 Å². The maximum Gasteiger partial charge on any atom is 0.165 e. The largest absolute Gasteiger partial charge is 0.494 e. The third-order valence-corrected chi connectivity index (χ3v) is 3.02. The van der Waals surface area contributed by atoms with Gasteiger partial charge in [-0.15, -0.1) is 0 Å². The first-order chi connectivity index (χ1) is 9.04. The molecule has 2 rings (SSSR count). The highest BCUT2D eigenvalue weighted by Crippen LogP contribution is 2.27. The van der Waals surface area contributed by atoms with E-state index in [2.05, 4.69) is 4.98 Å². The molecule has 0 fully saturated rings. The number of aliphatic hydroxyl groups is 1. The Kier molecular flexibility index (Phi) is 3.85. The molecule has 0 saturated carbocycles. The van der Waals surface area contributed by atoms with Gasteiger partial charge in [0.1, 0.15) is 6.10 Å². The number of hydrogen-bond donors (Lipinski definition) is 1. The van der Waals surface area contributed by atoms with Gasteiger partial charge < -0.3 is 14.4 Å². The molecule has 5 heteroatoms. The number of benzene rings is 1. The van der Waals surface area contributed by atoms with Crippen LogP contribution in [0.1, 0.15) is 37.3 Å². The number of rotatable bonds is 4. The van der Waals surface area contributed by atoms with Crippen LogP contribution in [0.4, 0.5) is 4.39 Å². The summed E-state index contributed by atoms with van der Waals surface area (Å²) in [6.07, 6.45) is 2.33. The monoisotopic (exact) mass is 264 g/mol. The highest BCUT2D eigenvalue weighted by Gasteiger charge is 2.18. The molecule has 1 unspecified atom stereocenters. The molecule has 0 aliphatic rings. The fourth-order valence-corrected chi connectivity index (χ4v) is 1.98. The van der Waals surface area contributed by atoms with Crippen LogP contribution in [0, 0.1) is 5.82 Å². The van der Waals surface area contributed by atoms with Gasteiger partial charge >= 0.3 is 0 Å². The van der Waals surface area contributed by atoms with Crippen LogP contribution in [0.2, 0.25) is 0 Å². The zero-order valence-electron chi connectivity index (χ0n) is 11.2. The molecule has 0 amide bonds. The second-order valence-corrected chi connectivity index (χ2v) is 4.62. The molecule has 2 aromatic rings. The highest BCUT2D eigenvalue weighted by atomic mass is 19.1. The third-order valence-electron chi connectivity index (χ3n) is 3.02. The second-order valence-electron chi connectivity index (χ2n) is 4.62. The number of nitrogens with zero attached hydrogens (tertiary/aromatic N) is 2. The highest BCUT2D eigenvalue weighted by molar-refractivity contribution is 5.33. The third kappa shape index (κ3) is 2.61. The first-order valence-corrected chi connectivity index (χ1v) is 6.07. The van der Waals surface area contributed by atoms with Gasteiger partial charge in [0.05, 0.1) is 25.3 Å². The van der Waals surface area contributed by atoms with Crippen LogP contribution < -0.4 is 4.74 Å². The minimum absolute atomic E-state index is 0.160. The van der Waals surface area contributed by atoms with Crippen molar-refractivity contribution in [3.05, 3.63) is 47.8 Å². The molecule has 1 N–H and O–H groups in total. The van der Waals surface area contributed by atoms with Crippen LogP contribution >= 0.6 is 0 Å². The molecule has 4 nitrogen and oxygen atoms in total. The second kappa shape index (κ2) is 5.40. The molecular weight excluding hydrogens is 247 g/mol. The number of aliphatic hydroxyl groups excluding tert-OH is 1. The molecule has 0 radical (unpaired) electrons. The topological polar surface area (TPSA) is 47.3 Å². The van der Waals surface area contributed by atoms with Crippen LogP contribution in [0.5, 0.6) is 5.75 Å². The van der Waals surface area contributed by atoms with Crippen molar-refractivity contribution in [3.8, 4) is 5.75 Å². The lowest BCUT2D eigenvalue weighted by atomic mass is 10.1. The minimum Gasteiger partial charge on any atom is -0.494 e. The van der Waals surface area contributed by atoms with Crippen molar-refractivity contribution in [2.24, 2.45) is 0 Å². The van der Waals surface area contributed by atoms with E-state index in [1.165, 1.54) is 19.2 Å². The summed E-state index contributed by atoms with van der Waals surface area (Å²) in [7, 11) is 1.41. The zero-order chi connectivity index (χ0) is 14.0. The Bertz CT molecular complexity index is 566. The summed E-state index contributed by atoms with van der Waals surface area (Å²) in [4.78, 5) is 4.03. The lowest BCUT2D eigenvalue weighted by Gasteiger charge is -2.17. The standard InChI is InChI=1S/C14H17FN2O2/c1-9(2)17-8-16-7-12(17)14(18)10-4-5-13(19-3)11(15)6-10/h4-9,14,18H,1-3H3. The molecule has 1 aromatic carbocycles. The first-order valence-electron chi connectivity index (χ1n) is 6.07. The molecular formula is C14H17FN2O2. The fraction of sp³-hybridized carbons (Fsp3) is 0.357. The quantitative estimate of drug-likeness (QED) is 0.923. The lowest BCUT2D eigenvalue weighted by molar-refractivity contribution is 0.207. The number of hydrogen-bond acceptors (Lipinski definition) is 3. The molecule has 1 aromatic heterocycles. The van der Waals surface area contributed by atoms with Crippen molar-refractivity contribution in [3.63, 3.8) is 0 Å². The molecule has 19 heavy (non-hydrogen) atoms. The van der Waals surface area contributed by atoms with Gasteiger partial charge in [-0.1, -0.05) is 6.07 Å². The first kappa shape index (κ1) is 13.5. The Morgan fingerprint density at radius 1 is 1.37 bits per heavy atom. The van der Waals surface area contributed by atoms with Gasteiger partial charge in [-0.05, 0) is 31.5 Å². The van der Waals surface area contributed by atoms with Gasteiger partial charge in [0.15, 0.2) is 11.6 Å². The smallest absolute Gasteiger partial charge is 0.165 e. The van der Waals surface area contributed by atoms with Crippen LogP contribution in [-0.2, 0) is 0 Å². The van der Waals surface area contributed by atoms with Crippen molar-refractivity contribution in [1.29, 1.82) is 0 Å². The summed E-state index contributed by atoms with van der Waals surface area (Å²) >= 11 is 0. The van der Waals surface area contributed by atoms with E-state index >= 15 is 0 Å². The molecule has 0 spiro atoms. The summed E-state index contributed by atoms with van der Waals surface area (Å²) in [5.41, 5.74) is 1.11. The zero-order valence-corrected chi connectivity index (χ0v) is 11.2. The SMILES string of the molecule is COc1ccc(C(O)c2cncn2C(C)C)cc1F. The Labute approximate surface area is 111 Å². The van der Waals surface area contributed by atoms with E-state index in [4.69, 9.17) is 4.74 Å². The Balaban J connectivity index is 2.36. The maximum atomic E-state index is 13.7. The molecule has 1 atom stereocenters. The average molecular weight is 264 g/mol. The number of ether oxygens (including phenoxy) is 1. The molecule has 0 aliphatic carbocycles. The molecule has 0 bridgehead atoms. The average Bonchev–Trinajstić information content (AvgIpc) is 2.87. The van der Waals surface area contributed by atoms with E-state index in [1.807, 2.05) is 18.4 Å². The Hall–Kier alpha value is -1.88. The van der Waals surface area contributed by atoms with Crippen LogP contribution in [0.3, 0.4) is 0 Å². The van der Waals surface area contributed by atoms with Crippen molar-refractivity contribution in [1.82, 2.24) is 9.55 Å². The van der Waals surface area contributed by atoms with E-state index in [-0.39, 0.29) is 11.8 Å². The van der Waals surface area contributed by atoms with Crippen molar-refractivity contribution < 1.29 is 14.2 Å². The summed E-state index contributed by atoms with van der Waals surface area (Å²) in [5.74, 6) is -0.331. The van der Waals surface area contributed by atoms with E-state index in [0.717, 1.165) is 0 Å². The Morgan fingerprint density at radius 2 is 2.11 bits per heavy atom. The normalized spacial score (nSPS) is 12.7. The van der Waals surface area contributed by atoms with E-state index in [1.54, 1.807) is 18.6 Å². The van der Waals surface area contributed by atoms with Crippen LogP contribution in [0.15, 0.2) is 30.7 Å². The lowest BCUT2D eigenvalue weighted by Crippen LogP contribution is -2.10. The van der Waals surface area contributed by atoms with E-state index in [9.17, 15) is 9.50 Å². The van der Waals surface area contributed by atoms with Crippen LogP contribution in [-0.4, -0.2) is 21.8 Å². The van der Waals surface area contributed by atoms with Gasteiger partial charge in [0, 0.05) is 6.04 Å². The summed E-state index contributed by atoms with van der Waals surface area (Å²) in [6, 6.07) is 4.60. The Morgan fingerprint density at radius 3 is 2.68 bits per heavy atom. The van der Waals surface area contributed by atoms with Crippen molar-refractivity contribution >= 4 is 0 Å². The molecule has 0 aliphatic heterocycles. The minimum atomic E-state index is -0.912. The summed E-state index contributed by atoms with van der Waals surface area (Å²) in [5, 5.41) is 10.3. The van der Waals surface area contributed by atoms with E-state index < -0.39 is 11.9 Å². The summed E-state index contributed by atoms with van der Waals surface area (Å²) < 4.78 is 20.4.